The number of aliphatic hydroxyl groups is 1. The number of nitrogens with zero attached hydrogens (tertiary/aromatic N) is 4. The molecule has 0 bridgehead atoms. The molecule has 1 unspecified atom stereocenters. The molecular weight excluding hydrogens is 436 g/mol. The van der Waals surface area contributed by atoms with E-state index in [0.29, 0.717) is 24.1 Å². The summed E-state index contributed by atoms with van der Waals surface area (Å²) in [4.78, 5) is 42.2. The highest BCUT2D eigenvalue weighted by Crippen LogP contribution is 2.40. The number of rotatable bonds is 7. The number of aliphatic hydroxyl groups excluding tert-OH is 1. The van der Waals surface area contributed by atoms with E-state index in [1.165, 1.54) is 29.2 Å². The second-order valence-electron chi connectivity index (χ2n) is 8.31. The summed E-state index contributed by atoms with van der Waals surface area (Å²) >= 11 is 0. The molecule has 1 aliphatic rings. The van der Waals surface area contributed by atoms with Gasteiger partial charge in [-0.3, -0.25) is 19.7 Å². The molecule has 9 nitrogen and oxygen atoms in total. The zero-order valence-electron chi connectivity index (χ0n) is 18.8. The first kappa shape index (κ1) is 22.9. The fourth-order valence-electron chi connectivity index (χ4n) is 4.21. The third-order valence-electron chi connectivity index (χ3n) is 5.98. The van der Waals surface area contributed by atoms with Crippen molar-refractivity contribution in [1.29, 1.82) is 0 Å². The van der Waals surface area contributed by atoms with Gasteiger partial charge in [-0.2, -0.15) is 0 Å². The molecule has 1 atom stereocenters. The molecule has 174 valence electrons. The Kier molecular flexibility index (Phi) is 6.27. The van der Waals surface area contributed by atoms with E-state index in [1.54, 1.807) is 18.6 Å². The van der Waals surface area contributed by atoms with Crippen LogP contribution >= 0.6 is 0 Å². The fraction of sp³-hybridized carbons (Fsp3) is 0.240. The van der Waals surface area contributed by atoms with Crippen molar-refractivity contribution in [2.75, 3.05) is 6.54 Å². The average Bonchev–Trinajstić information content (AvgIpc) is 3.42. The number of imidazole rings is 1. The molecule has 9 heteroatoms. The van der Waals surface area contributed by atoms with E-state index < -0.39 is 22.7 Å². The van der Waals surface area contributed by atoms with E-state index in [-0.39, 0.29) is 23.6 Å². The van der Waals surface area contributed by atoms with E-state index >= 15 is 0 Å². The Bertz CT molecular complexity index is 1280. The Balaban J connectivity index is 1.78. The lowest BCUT2D eigenvalue weighted by Crippen LogP contribution is -2.31. The quantitative estimate of drug-likeness (QED) is 0.188. The molecule has 0 radical (unpaired) electrons. The summed E-state index contributed by atoms with van der Waals surface area (Å²) < 4.78 is 1.87. The molecular formula is C25H24N4O5. The third-order valence-corrected chi connectivity index (χ3v) is 5.98. The van der Waals surface area contributed by atoms with Crippen molar-refractivity contribution in [2.45, 2.75) is 32.9 Å². The van der Waals surface area contributed by atoms with Crippen molar-refractivity contribution < 1.29 is 19.6 Å². The van der Waals surface area contributed by atoms with Crippen LogP contribution in [0.2, 0.25) is 0 Å². The van der Waals surface area contributed by atoms with Gasteiger partial charge in [0.1, 0.15) is 5.76 Å². The number of ketones is 1. The van der Waals surface area contributed by atoms with Gasteiger partial charge in [0.05, 0.1) is 22.9 Å². The summed E-state index contributed by atoms with van der Waals surface area (Å²) in [6, 6.07) is 10.4. The SMILES string of the molecule is Cc1ccc(C)c(/C(O)=C2/C(=O)C(=O)N(CCCn3ccnc3)C2c2ccc([N+](=O)[O-])cc2)c1. The Morgan fingerprint density at radius 1 is 1.12 bits per heavy atom. The van der Waals surface area contributed by atoms with Gasteiger partial charge in [0, 0.05) is 43.2 Å². The smallest absolute Gasteiger partial charge is 0.295 e. The monoisotopic (exact) mass is 460 g/mol. The van der Waals surface area contributed by atoms with Gasteiger partial charge >= 0.3 is 0 Å². The largest absolute Gasteiger partial charge is 0.507 e. The summed E-state index contributed by atoms with van der Waals surface area (Å²) in [5.41, 5.74) is 2.53. The maximum absolute atomic E-state index is 13.1. The Labute approximate surface area is 196 Å². The first-order valence-electron chi connectivity index (χ1n) is 10.8. The highest BCUT2D eigenvalue weighted by Gasteiger charge is 2.46. The van der Waals surface area contributed by atoms with Crippen LogP contribution in [-0.4, -0.2) is 42.7 Å². The molecule has 1 aromatic heterocycles. The first-order valence-corrected chi connectivity index (χ1v) is 10.8. The van der Waals surface area contributed by atoms with Crippen LogP contribution in [0.1, 0.15) is 34.7 Å². The lowest BCUT2D eigenvalue weighted by atomic mass is 9.93. The number of nitro benzene ring substituents is 1. The van der Waals surface area contributed by atoms with Gasteiger partial charge in [0.15, 0.2) is 0 Å². The number of likely N-dealkylation sites (tertiary alicyclic amines) is 1. The molecule has 0 spiro atoms. The predicted molar refractivity (Wildman–Crippen MR) is 125 cm³/mol. The van der Waals surface area contributed by atoms with Gasteiger partial charge in [-0.15, -0.1) is 0 Å². The zero-order chi connectivity index (χ0) is 24.4. The highest BCUT2D eigenvalue weighted by molar-refractivity contribution is 6.46. The maximum atomic E-state index is 13.1. The number of aromatic nitrogens is 2. The lowest BCUT2D eigenvalue weighted by Gasteiger charge is -2.25. The van der Waals surface area contributed by atoms with Crippen LogP contribution in [0.15, 0.2) is 66.8 Å². The minimum atomic E-state index is -0.858. The number of carbonyl (C=O) groups is 2. The maximum Gasteiger partial charge on any atom is 0.295 e. The second kappa shape index (κ2) is 9.30. The number of non-ortho nitro benzene ring substituents is 1. The molecule has 1 amide bonds. The van der Waals surface area contributed by atoms with Crippen LogP contribution in [0.5, 0.6) is 0 Å². The minimum Gasteiger partial charge on any atom is -0.507 e. The van der Waals surface area contributed by atoms with Crippen molar-refractivity contribution in [3.8, 4) is 0 Å². The summed E-state index contributed by atoms with van der Waals surface area (Å²) in [5.74, 6) is -1.73. The number of amides is 1. The summed E-state index contributed by atoms with van der Waals surface area (Å²) in [6.45, 7) is 4.54. The first-order chi connectivity index (χ1) is 16.3. The Morgan fingerprint density at radius 2 is 1.85 bits per heavy atom. The molecule has 1 aliphatic heterocycles. The summed E-state index contributed by atoms with van der Waals surface area (Å²) in [5, 5.41) is 22.4. The van der Waals surface area contributed by atoms with Gasteiger partial charge < -0.3 is 14.6 Å². The fourth-order valence-corrected chi connectivity index (χ4v) is 4.21. The van der Waals surface area contributed by atoms with Gasteiger partial charge in [0.25, 0.3) is 17.4 Å². The number of benzene rings is 2. The van der Waals surface area contributed by atoms with Crippen molar-refractivity contribution in [2.24, 2.45) is 0 Å². The molecule has 4 rings (SSSR count). The lowest BCUT2D eigenvalue weighted by molar-refractivity contribution is -0.384. The average molecular weight is 460 g/mol. The van der Waals surface area contributed by atoms with Crippen molar-refractivity contribution in [3.63, 3.8) is 0 Å². The summed E-state index contributed by atoms with van der Waals surface area (Å²) in [6.07, 6.45) is 5.69. The normalized spacial score (nSPS) is 17.4. The summed E-state index contributed by atoms with van der Waals surface area (Å²) in [7, 11) is 0. The number of nitro groups is 1. The van der Waals surface area contributed by atoms with E-state index in [2.05, 4.69) is 4.98 Å². The van der Waals surface area contributed by atoms with E-state index in [4.69, 9.17) is 0 Å². The Morgan fingerprint density at radius 3 is 2.50 bits per heavy atom. The number of Topliss-reactive ketones (excluding diaryl/α,β-unsaturated/α-hetero) is 1. The molecule has 1 saturated heterocycles. The van der Waals surface area contributed by atoms with Crippen LogP contribution in [-0.2, 0) is 16.1 Å². The predicted octanol–water partition coefficient (Wildman–Crippen LogP) is 3.92. The van der Waals surface area contributed by atoms with Crippen molar-refractivity contribution >= 4 is 23.1 Å². The second-order valence-corrected chi connectivity index (χ2v) is 8.31. The van der Waals surface area contributed by atoms with Crippen LogP contribution in [0.3, 0.4) is 0 Å². The molecule has 34 heavy (non-hydrogen) atoms. The number of hydrogen-bond donors (Lipinski definition) is 1. The van der Waals surface area contributed by atoms with Crippen LogP contribution in [0.25, 0.3) is 5.76 Å². The standard InChI is InChI=1S/C25H24N4O5/c1-16-4-5-17(2)20(14-16)23(30)21-22(18-6-8-19(9-7-18)29(33)34)28(25(32)24(21)31)12-3-11-27-13-10-26-15-27/h4-10,13-15,22,30H,3,11-12H2,1-2H3/b23-21-. The molecule has 0 saturated carbocycles. The van der Waals surface area contributed by atoms with Gasteiger partial charge in [-0.1, -0.05) is 17.7 Å². The van der Waals surface area contributed by atoms with E-state index in [0.717, 1.165) is 11.1 Å². The Hall–Kier alpha value is -4.27. The highest BCUT2D eigenvalue weighted by atomic mass is 16.6. The zero-order valence-corrected chi connectivity index (χ0v) is 18.8. The van der Waals surface area contributed by atoms with Gasteiger partial charge in [-0.25, -0.2) is 4.98 Å². The van der Waals surface area contributed by atoms with Gasteiger partial charge in [0.2, 0.25) is 0 Å². The van der Waals surface area contributed by atoms with E-state index in [1.807, 2.05) is 36.7 Å². The van der Waals surface area contributed by atoms with Crippen LogP contribution in [0, 0.1) is 24.0 Å². The molecule has 0 aliphatic carbocycles. The van der Waals surface area contributed by atoms with Crippen molar-refractivity contribution in [1.82, 2.24) is 14.5 Å². The molecule has 2 heterocycles. The number of aryl methyl sites for hydroxylation is 3. The molecule has 3 aromatic rings. The van der Waals surface area contributed by atoms with Crippen molar-refractivity contribution in [3.05, 3.63) is 99.1 Å². The molecule has 2 aromatic carbocycles. The van der Waals surface area contributed by atoms with Gasteiger partial charge in [-0.05, 0) is 49.6 Å². The number of hydrogen-bond acceptors (Lipinski definition) is 6. The number of carbonyl (C=O) groups excluding carboxylic acids is 2. The molecule has 1 fully saturated rings. The van der Waals surface area contributed by atoms with Crippen LogP contribution in [0.4, 0.5) is 5.69 Å². The van der Waals surface area contributed by atoms with Crippen LogP contribution < -0.4 is 0 Å². The topological polar surface area (TPSA) is 119 Å². The minimum absolute atomic E-state index is 0.0183. The van der Waals surface area contributed by atoms with E-state index in [9.17, 15) is 24.8 Å². The molecule has 1 N–H and O–H groups in total. The third kappa shape index (κ3) is 4.32.